The van der Waals surface area contributed by atoms with Crippen LogP contribution in [0.2, 0.25) is 0 Å². The average molecular weight is 279 g/mol. The zero-order chi connectivity index (χ0) is 15.4. The predicted molar refractivity (Wildman–Crippen MR) is 89.5 cm³/mol. The van der Waals surface area contributed by atoms with Crippen molar-refractivity contribution >= 4 is 11.4 Å². The maximum atomic E-state index is 9.15. The standard InChI is InChI=1S/C18H21N3/c1-5-6-16(11-14(2)3)21-10-9-20(4)17-8-7-15(13-19)12-18(17)21/h5-8,11-12H,2,9-10H2,1,3-4H3/b6-5-,16-11+. The molecule has 0 N–H and O–H groups in total. The van der Waals surface area contributed by atoms with E-state index in [4.69, 9.17) is 5.26 Å². The highest BCUT2D eigenvalue weighted by molar-refractivity contribution is 5.77. The Bertz CT molecular complexity index is 647. The first-order chi connectivity index (χ1) is 10.1. The molecule has 21 heavy (non-hydrogen) atoms. The van der Waals surface area contributed by atoms with Crippen molar-refractivity contribution in [3.8, 4) is 6.07 Å². The second kappa shape index (κ2) is 6.32. The molecule has 0 bridgehead atoms. The van der Waals surface area contributed by atoms with Crippen molar-refractivity contribution < 1.29 is 0 Å². The van der Waals surface area contributed by atoms with Crippen LogP contribution >= 0.6 is 0 Å². The molecule has 1 aromatic carbocycles. The molecular weight excluding hydrogens is 258 g/mol. The SMILES string of the molecule is C=C(C)/C=C(\C=C/C)N1CCN(C)c2ccc(C#N)cc21. The summed E-state index contributed by atoms with van der Waals surface area (Å²) in [6.07, 6.45) is 6.19. The molecule has 3 heteroatoms. The lowest BCUT2D eigenvalue weighted by molar-refractivity contribution is 0.803. The fourth-order valence-electron chi connectivity index (χ4n) is 2.53. The highest BCUT2D eigenvalue weighted by Gasteiger charge is 2.22. The Hall–Kier alpha value is -2.47. The van der Waals surface area contributed by atoms with Gasteiger partial charge in [0, 0.05) is 25.8 Å². The zero-order valence-corrected chi connectivity index (χ0v) is 12.9. The lowest BCUT2D eigenvalue weighted by Gasteiger charge is -2.37. The first kappa shape index (κ1) is 14.9. The predicted octanol–water partition coefficient (Wildman–Crippen LogP) is 3.85. The van der Waals surface area contributed by atoms with Crippen LogP contribution < -0.4 is 9.80 Å². The van der Waals surface area contributed by atoms with Crippen molar-refractivity contribution in [1.82, 2.24) is 0 Å². The van der Waals surface area contributed by atoms with E-state index < -0.39 is 0 Å². The van der Waals surface area contributed by atoms with E-state index in [-0.39, 0.29) is 0 Å². The highest BCUT2D eigenvalue weighted by Crippen LogP contribution is 2.35. The highest BCUT2D eigenvalue weighted by atomic mass is 15.3. The fourth-order valence-corrected chi connectivity index (χ4v) is 2.53. The second-order valence-electron chi connectivity index (χ2n) is 5.30. The Morgan fingerprint density at radius 3 is 2.71 bits per heavy atom. The van der Waals surface area contributed by atoms with E-state index in [1.165, 1.54) is 0 Å². The summed E-state index contributed by atoms with van der Waals surface area (Å²) in [4.78, 5) is 4.48. The van der Waals surface area contributed by atoms with Gasteiger partial charge in [-0.15, -0.1) is 0 Å². The molecule has 1 aliphatic heterocycles. The monoisotopic (exact) mass is 279 g/mol. The summed E-state index contributed by atoms with van der Waals surface area (Å²) in [5, 5.41) is 9.15. The smallest absolute Gasteiger partial charge is 0.0992 e. The van der Waals surface area contributed by atoms with Gasteiger partial charge in [0.1, 0.15) is 0 Å². The lowest BCUT2D eigenvalue weighted by Crippen LogP contribution is -2.38. The van der Waals surface area contributed by atoms with Gasteiger partial charge in [-0.3, -0.25) is 0 Å². The molecule has 0 aromatic heterocycles. The van der Waals surface area contributed by atoms with Gasteiger partial charge in [-0.05, 0) is 44.2 Å². The summed E-state index contributed by atoms with van der Waals surface area (Å²) < 4.78 is 0. The van der Waals surface area contributed by atoms with E-state index in [1.807, 2.05) is 38.1 Å². The minimum atomic E-state index is 0.684. The van der Waals surface area contributed by atoms with Crippen molar-refractivity contribution in [2.45, 2.75) is 13.8 Å². The Balaban J connectivity index is 2.55. The van der Waals surface area contributed by atoms with Crippen molar-refractivity contribution in [3.63, 3.8) is 0 Å². The number of fused-ring (bicyclic) bond motifs is 1. The summed E-state index contributed by atoms with van der Waals surface area (Å²) in [5.41, 5.74) is 5.03. The van der Waals surface area contributed by atoms with Gasteiger partial charge >= 0.3 is 0 Å². The summed E-state index contributed by atoms with van der Waals surface area (Å²) in [6, 6.07) is 8.08. The molecule has 0 atom stereocenters. The third kappa shape index (κ3) is 3.17. The third-order valence-electron chi connectivity index (χ3n) is 3.51. The van der Waals surface area contributed by atoms with Gasteiger partial charge in [-0.1, -0.05) is 18.2 Å². The summed E-state index contributed by atoms with van der Waals surface area (Å²) in [5.74, 6) is 0. The first-order valence-electron chi connectivity index (χ1n) is 7.09. The molecule has 1 aliphatic rings. The average Bonchev–Trinajstić information content (AvgIpc) is 2.46. The van der Waals surface area contributed by atoms with Gasteiger partial charge in [0.05, 0.1) is 23.0 Å². The van der Waals surface area contributed by atoms with Crippen LogP contribution in [0.5, 0.6) is 0 Å². The molecule has 108 valence electrons. The number of benzene rings is 1. The molecular formula is C18H21N3. The van der Waals surface area contributed by atoms with Crippen LogP contribution in [0.4, 0.5) is 11.4 Å². The van der Waals surface area contributed by atoms with Gasteiger partial charge in [0.2, 0.25) is 0 Å². The van der Waals surface area contributed by atoms with Crippen molar-refractivity contribution in [2.24, 2.45) is 0 Å². The largest absolute Gasteiger partial charge is 0.371 e. The number of hydrogen-bond acceptors (Lipinski definition) is 3. The maximum absolute atomic E-state index is 9.15. The molecule has 0 radical (unpaired) electrons. The molecule has 0 amide bonds. The summed E-state index contributed by atoms with van der Waals surface area (Å²) >= 11 is 0. The van der Waals surface area contributed by atoms with Crippen molar-refractivity contribution in [2.75, 3.05) is 29.9 Å². The van der Waals surface area contributed by atoms with Crippen molar-refractivity contribution in [3.05, 3.63) is 59.8 Å². The van der Waals surface area contributed by atoms with Gasteiger partial charge in [-0.25, -0.2) is 0 Å². The third-order valence-corrected chi connectivity index (χ3v) is 3.51. The number of likely N-dealkylation sites (N-methyl/N-ethyl adjacent to an activating group) is 1. The topological polar surface area (TPSA) is 30.3 Å². The maximum Gasteiger partial charge on any atom is 0.0992 e. The Morgan fingerprint density at radius 1 is 1.33 bits per heavy atom. The number of nitriles is 1. The van der Waals surface area contributed by atoms with Crippen LogP contribution in [0.25, 0.3) is 0 Å². The fraction of sp³-hybridized carbons (Fsp3) is 0.278. The van der Waals surface area contributed by atoms with E-state index in [2.05, 4.69) is 41.6 Å². The Morgan fingerprint density at radius 2 is 2.10 bits per heavy atom. The van der Waals surface area contributed by atoms with Gasteiger partial charge < -0.3 is 9.80 Å². The Labute approximate surface area is 127 Å². The van der Waals surface area contributed by atoms with Crippen LogP contribution in [0.15, 0.2) is 54.3 Å². The van der Waals surface area contributed by atoms with Crippen LogP contribution in [0.1, 0.15) is 19.4 Å². The van der Waals surface area contributed by atoms with Crippen LogP contribution in [0, 0.1) is 11.3 Å². The van der Waals surface area contributed by atoms with Gasteiger partial charge in [0.15, 0.2) is 0 Å². The van der Waals surface area contributed by atoms with E-state index >= 15 is 0 Å². The summed E-state index contributed by atoms with van der Waals surface area (Å²) in [6.45, 7) is 9.82. The van der Waals surface area contributed by atoms with E-state index in [9.17, 15) is 0 Å². The number of nitrogens with zero attached hydrogens (tertiary/aromatic N) is 3. The quantitative estimate of drug-likeness (QED) is 0.787. The molecule has 2 rings (SSSR count). The molecule has 0 aliphatic carbocycles. The van der Waals surface area contributed by atoms with Crippen LogP contribution in [0.3, 0.4) is 0 Å². The lowest BCUT2D eigenvalue weighted by atomic mass is 10.1. The minimum Gasteiger partial charge on any atom is -0.371 e. The first-order valence-corrected chi connectivity index (χ1v) is 7.09. The molecule has 3 nitrogen and oxygen atoms in total. The molecule has 0 unspecified atom stereocenters. The van der Waals surface area contributed by atoms with Crippen molar-refractivity contribution in [1.29, 1.82) is 5.26 Å². The molecule has 0 saturated heterocycles. The molecule has 1 heterocycles. The second-order valence-corrected chi connectivity index (χ2v) is 5.30. The van der Waals surface area contributed by atoms with Crippen LogP contribution in [-0.4, -0.2) is 20.1 Å². The molecule has 0 fully saturated rings. The van der Waals surface area contributed by atoms with Gasteiger partial charge in [0.25, 0.3) is 0 Å². The number of allylic oxidation sites excluding steroid dienone is 4. The van der Waals surface area contributed by atoms with E-state index in [0.29, 0.717) is 5.56 Å². The molecule has 1 aromatic rings. The number of hydrogen-bond donors (Lipinski definition) is 0. The van der Waals surface area contributed by atoms with E-state index in [0.717, 1.165) is 35.7 Å². The minimum absolute atomic E-state index is 0.684. The number of rotatable bonds is 3. The Kier molecular flexibility index (Phi) is 4.49. The van der Waals surface area contributed by atoms with E-state index in [1.54, 1.807) is 0 Å². The van der Waals surface area contributed by atoms with Gasteiger partial charge in [-0.2, -0.15) is 5.26 Å². The molecule has 0 saturated carbocycles. The van der Waals surface area contributed by atoms with Crippen LogP contribution in [-0.2, 0) is 0 Å². The molecule has 0 spiro atoms. The zero-order valence-electron chi connectivity index (χ0n) is 12.9. The normalized spacial score (nSPS) is 15.0. The summed E-state index contributed by atoms with van der Waals surface area (Å²) in [7, 11) is 2.08. The number of anilines is 2.